The van der Waals surface area contributed by atoms with Crippen LogP contribution in [-0.4, -0.2) is 29.1 Å². The minimum Gasteiger partial charge on any atom is -0.339 e. The molecule has 0 aromatic heterocycles. The van der Waals surface area contributed by atoms with E-state index in [2.05, 4.69) is 13.8 Å². The summed E-state index contributed by atoms with van der Waals surface area (Å²) in [5.74, 6) is 0.865. The summed E-state index contributed by atoms with van der Waals surface area (Å²) >= 11 is 0. The van der Waals surface area contributed by atoms with Crippen LogP contribution in [0.5, 0.6) is 0 Å². The Kier molecular flexibility index (Phi) is 1.97. The van der Waals surface area contributed by atoms with Gasteiger partial charge in [0.2, 0.25) is 5.91 Å². The summed E-state index contributed by atoms with van der Waals surface area (Å²) in [4.78, 5) is 14.0. The molecule has 2 bridgehead atoms. The van der Waals surface area contributed by atoms with Crippen molar-refractivity contribution in [3.63, 3.8) is 0 Å². The third-order valence-corrected chi connectivity index (χ3v) is 5.11. The van der Waals surface area contributed by atoms with Crippen molar-refractivity contribution < 1.29 is 9.18 Å². The molecule has 0 aromatic carbocycles. The Balaban J connectivity index is 1.56. The molecule has 2 heterocycles. The number of carbonyl (C=O) groups excluding carboxylic acids is 1. The molecule has 4 aliphatic rings. The third kappa shape index (κ3) is 1.40. The molecule has 0 aromatic rings. The maximum absolute atomic E-state index is 13.4. The lowest BCUT2D eigenvalue weighted by molar-refractivity contribution is -0.133. The molecule has 2 nitrogen and oxygen atoms in total. The van der Waals surface area contributed by atoms with Gasteiger partial charge >= 0.3 is 0 Å². The van der Waals surface area contributed by atoms with Gasteiger partial charge in [0, 0.05) is 19.0 Å². The van der Waals surface area contributed by atoms with Crippen molar-refractivity contribution >= 4 is 5.91 Å². The molecule has 0 N–H and O–H groups in total. The fourth-order valence-electron chi connectivity index (χ4n) is 3.33. The predicted molar refractivity (Wildman–Crippen MR) is 59.7 cm³/mol. The second-order valence-electron chi connectivity index (χ2n) is 6.47. The van der Waals surface area contributed by atoms with Crippen molar-refractivity contribution in [3.05, 3.63) is 0 Å². The number of alkyl halides is 1. The highest BCUT2D eigenvalue weighted by Crippen LogP contribution is 2.55. The van der Waals surface area contributed by atoms with Crippen LogP contribution in [-0.2, 0) is 4.79 Å². The molecule has 0 spiro atoms. The van der Waals surface area contributed by atoms with Gasteiger partial charge in [-0.25, -0.2) is 4.39 Å². The molecule has 4 rings (SSSR count). The summed E-state index contributed by atoms with van der Waals surface area (Å²) in [6, 6.07) is 0.430. The molecule has 4 fully saturated rings. The van der Waals surface area contributed by atoms with Gasteiger partial charge in [-0.05, 0) is 37.0 Å². The van der Waals surface area contributed by atoms with Gasteiger partial charge in [-0.3, -0.25) is 4.79 Å². The zero-order valence-electron chi connectivity index (χ0n) is 10.1. The molecule has 2 saturated carbocycles. The van der Waals surface area contributed by atoms with E-state index in [0.29, 0.717) is 43.1 Å². The molecule has 2 aliphatic heterocycles. The Morgan fingerprint density at radius 3 is 2.56 bits per heavy atom. The van der Waals surface area contributed by atoms with Crippen LogP contribution < -0.4 is 0 Å². The van der Waals surface area contributed by atoms with E-state index in [1.54, 1.807) is 0 Å². The maximum Gasteiger partial charge on any atom is 0.222 e. The van der Waals surface area contributed by atoms with Crippen molar-refractivity contribution in [2.45, 2.75) is 57.7 Å². The van der Waals surface area contributed by atoms with E-state index >= 15 is 0 Å². The predicted octanol–water partition coefficient (Wildman–Crippen LogP) is 2.53. The average molecular weight is 225 g/mol. The number of nitrogens with zero attached hydrogens (tertiary/aromatic N) is 1. The summed E-state index contributed by atoms with van der Waals surface area (Å²) in [7, 11) is 0. The van der Waals surface area contributed by atoms with Gasteiger partial charge in [0.15, 0.2) is 0 Å². The number of carbonyl (C=O) groups is 1. The summed E-state index contributed by atoms with van der Waals surface area (Å²) < 4.78 is 13.4. The van der Waals surface area contributed by atoms with Crippen molar-refractivity contribution in [1.82, 2.24) is 4.90 Å². The van der Waals surface area contributed by atoms with Crippen LogP contribution in [0.25, 0.3) is 0 Å². The summed E-state index contributed by atoms with van der Waals surface area (Å²) in [6.07, 6.45) is 3.35. The Morgan fingerprint density at radius 1 is 1.44 bits per heavy atom. The quantitative estimate of drug-likeness (QED) is 0.722. The van der Waals surface area contributed by atoms with Crippen LogP contribution >= 0.6 is 0 Å². The van der Waals surface area contributed by atoms with Gasteiger partial charge in [0.25, 0.3) is 0 Å². The number of amides is 1. The van der Waals surface area contributed by atoms with Gasteiger partial charge in [0.1, 0.15) is 5.67 Å². The topological polar surface area (TPSA) is 20.3 Å². The second kappa shape index (κ2) is 2.99. The zero-order chi connectivity index (χ0) is 11.6. The highest BCUT2D eigenvalue weighted by Gasteiger charge is 2.58. The molecular formula is C13H20FNO. The van der Waals surface area contributed by atoms with Crippen LogP contribution in [0.3, 0.4) is 0 Å². The third-order valence-electron chi connectivity index (χ3n) is 5.11. The molecule has 1 unspecified atom stereocenters. The first-order valence-corrected chi connectivity index (χ1v) is 6.41. The molecule has 2 atom stereocenters. The van der Waals surface area contributed by atoms with E-state index in [-0.39, 0.29) is 5.91 Å². The van der Waals surface area contributed by atoms with Crippen LogP contribution in [0, 0.1) is 11.3 Å². The zero-order valence-corrected chi connectivity index (χ0v) is 10.1. The number of fused-ring (bicyclic) bond motifs is 1. The molecule has 90 valence electrons. The van der Waals surface area contributed by atoms with Gasteiger partial charge < -0.3 is 4.90 Å². The van der Waals surface area contributed by atoms with Crippen LogP contribution in [0.1, 0.15) is 46.0 Å². The number of rotatable bonds is 3. The fraction of sp³-hybridized carbons (Fsp3) is 0.923. The minimum atomic E-state index is -0.978. The number of hydrogen-bond donors (Lipinski definition) is 0. The lowest BCUT2D eigenvalue weighted by Crippen LogP contribution is -2.47. The molecule has 16 heavy (non-hydrogen) atoms. The highest BCUT2D eigenvalue weighted by atomic mass is 19.1. The fourth-order valence-corrected chi connectivity index (χ4v) is 3.33. The standard InChI is InChI=1S/C13H20FNO/c1-12(2)9-7-10(12)15(8-9)11(16)3-4-13(14)5-6-13/h9-10H,3-8H2,1-2H3/t9-,10?/m1/s1. The van der Waals surface area contributed by atoms with Crippen LogP contribution in [0.4, 0.5) is 4.39 Å². The highest BCUT2D eigenvalue weighted by molar-refractivity contribution is 5.77. The Hall–Kier alpha value is -0.600. The second-order valence-corrected chi connectivity index (χ2v) is 6.47. The monoisotopic (exact) mass is 225 g/mol. The Labute approximate surface area is 96.2 Å². The van der Waals surface area contributed by atoms with Gasteiger partial charge in [-0.2, -0.15) is 0 Å². The Morgan fingerprint density at radius 2 is 2.12 bits per heavy atom. The molecule has 2 aliphatic carbocycles. The first-order chi connectivity index (χ1) is 7.42. The Bertz CT molecular complexity index is 335. The number of hydrogen-bond acceptors (Lipinski definition) is 1. The molecule has 2 saturated heterocycles. The SMILES string of the molecule is CC1(C)C2C[C@@H]1CN2C(=O)CCC1(F)CC1. The van der Waals surface area contributed by atoms with Gasteiger partial charge in [-0.1, -0.05) is 13.8 Å². The lowest BCUT2D eigenvalue weighted by Gasteiger charge is -2.44. The molecule has 1 amide bonds. The molecule has 3 heteroatoms. The van der Waals surface area contributed by atoms with E-state index in [0.717, 1.165) is 6.54 Å². The van der Waals surface area contributed by atoms with Crippen LogP contribution in [0.2, 0.25) is 0 Å². The average Bonchev–Trinajstić information content (AvgIpc) is 2.73. The molecule has 0 radical (unpaired) electrons. The minimum absolute atomic E-state index is 0.182. The van der Waals surface area contributed by atoms with E-state index < -0.39 is 5.67 Å². The van der Waals surface area contributed by atoms with Gasteiger partial charge in [-0.15, -0.1) is 0 Å². The van der Waals surface area contributed by atoms with Crippen molar-refractivity contribution in [2.75, 3.05) is 6.54 Å². The summed E-state index contributed by atoms with van der Waals surface area (Å²) in [5.41, 5.74) is -0.670. The summed E-state index contributed by atoms with van der Waals surface area (Å²) in [6.45, 7) is 5.41. The first kappa shape index (κ1) is 10.5. The number of halogens is 1. The normalized spacial score (nSPS) is 37.1. The van der Waals surface area contributed by atoms with E-state index in [4.69, 9.17) is 0 Å². The van der Waals surface area contributed by atoms with Gasteiger partial charge in [0.05, 0.1) is 0 Å². The van der Waals surface area contributed by atoms with Crippen molar-refractivity contribution in [1.29, 1.82) is 0 Å². The first-order valence-electron chi connectivity index (χ1n) is 6.41. The van der Waals surface area contributed by atoms with Crippen LogP contribution in [0.15, 0.2) is 0 Å². The lowest BCUT2D eigenvalue weighted by atomic mass is 9.62. The summed E-state index contributed by atoms with van der Waals surface area (Å²) in [5, 5.41) is 0. The molecular weight excluding hydrogens is 205 g/mol. The van der Waals surface area contributed by atoms with Crippen molar-refractivity contribution in [2.24, 2.45) is 11.3 Å². The maximum atomic E-state index is 13.4. The smallest absolute Gasteiger partial charge is 0.222 e. The van der Waals surface area contributed by atoms with E-state index in [1.165, 1.54) is 6.42 Å². The van der Waals surface area contributed by atoms with E-state index in [1.807, 2.05) is 4.90 Å². The van der Waals surface area contributed by atoms with E-state index in [9.17, 15) is 9.18 Å². The largest absolute Gasteiger partial charge is 0.339 e. The van der Waals surface area contributed by atoms with Crippen molar-refractivity contribution in [3.8, 4) is 0 Å².